The highest BCUT2D eigenvalue weighted by Crippen LogP contribution is 2.25. The number of aromatic nitrogens is 4. The molecule has 0 fully saturated rings. The zero-order chi connectivity index (χ0) is 19.3. The van der Waals surface area contributed by atoms with E-state index in [1.54, 1.807) is 30.1 Å². The first kappa shape index (κ1) is 18.2. The van der Waals surface area contributed by atoms with Crippen molar-refractivity contribution in [2.24, 2.45) is 0 Å². The van der Waals surface area contributed by atoms with E-state index >= 15 is 0 Å². The number of hydrogen-bond acceptors (Lipinski definition) is 5. The van der Waals surface area contributed by atoms with Gasteiger partial charge in [-0.05, 0) is 54.1 Å². The van der Waals surface area contributed by atoms with Crippen LogP contribution in [0, 0.1) is 5.82 Å². The summed E-state index contributed by atoms with van der Waals surface area (Å²) in [6, 6.07) is 20.1. The summed E-state index contributed by atoms with van der Waals surface area (Å²) in [5.74, 6) is 1.71. The zero-order valence-corrected chi connectivity index (χ0v) is 15.9. The highest BCUT2D eigenvalue weighted by molar-refractivity contribution is 7.98. The maximum atomic E-state index is 13.7. The highest BCUT2D eigenvalue weighted by atomic mass is 32.2. The van der Waals surface area contributed by atoms with Crippen LogP contribution in [0.3, 0.4) is 0 Å². The SMILES string of the molecule is COc1ccc(-c2ccnn2-c2ccc(SCc3ccccc3F)nn2)cc1. The predicted octanol–water partition coefficient (Wildman–Crippen LogP) is 4.77. The Labute approximate surface area is 166 Å². The molecule has 4 rings (SSSR count). The van der Waals surface area contributed by atoms with Crippen molar-refractivity contribution in [3.63, 3.8) is 0 Å². The monoisotopic (exact) mass is 392 g/mol. The smallest absolute Gasteiger partial charge is 0.176 e. The number of nitrogens with zero attached hydrogens (tertiary/aromatic N) is 4. The molecule has 2 aromatic carbocycles. The molecule has 0 atom stereocenters. The van der Waals surface area contributed by atoms with E-state index in [9.17, 15) is 4.39 Å². The molecule has 4 aromatic rings. The third-order valence-electron chi connectivity index (χ3n) is 4.20. The molecule has 28 heavy (non-hydrogen) atoms. The lowest BCUT2D eigenvalue weighted by atomic mass is 10.1. The molecule has 2 heterocycles. The van der Waals surface area contributed by atoms with Crippen molar-refractivity contribution in [1.82, 2.24) is 20.0 Å². The first-order chi connectivity index (χ1) is 13.7. The lowest BCUT2D eigenvalue weighted by molar-refractivity contribution is 0.415. The van der Waals surface area contributed by atoms with E-state index in [0.29, 0.717) is 17.1 Å². The number of hydrogen-bond donors (Lipinski definition) is 0. The summed E-state index contributed by atoms with van der Waals surface area (Å²) in [4.78, 5) is 0. The molecule has 0 aliphatic heterocycles. The molecule has 0 N–H and O–H groups in total. The molecule has 0 saturated carbocycles. The summed E-state index contributed by atoms with van der Waals surface area (Å²) in [7, 11) is 1.64. The minimum atomic E-state index is -0.208. The van der Waals surface area contributed by atoms with Gasteiger partial charge in [0.1, 0.15) is 16.6 Å². The van der Waals surface area contributed by atoms with Gasteiger partial charge in [-0.25, -0.2) is 9.07 Å². The van der Waals surface area contributed by atoms with Crippen molar-refractivity contribution in [3.8, 4) is 22.8 Å². The van der Waals surface area contributed by atoms with Gasteiger partial charge in [-0.3, -0.25) is 0 Å². The summed E-state index contributed by atoms with van der Waals surface area (Å²) >= 11 is 1.44. The lowest BCUT2D eigenvalue weighted by Gasteiger charge is -2.08. The second kappa shape index (κ2) is 8.22. The second-order valence-electron chi connectivity index (χ2n) is 5.97. The second-order valence-corrected chi connectivity index (χ2v) is 6.96. The van der Waals surface area contributed by atoms with Crippen molar-refractivity contribution in [1.29, 1.82) is 0 Å². The van der Waals surface area contributed by atoms with Gasteiger partial charge < -0.3 is 4.74 Å². The number of benzene rings is 2. The summed E-state index contributed by atoms with van der Waals surface area (Å²) in [5, 5.41) is 13.6. The van der Waals surface area contributed by atoms with Gasteiger partial charge in [0.15, 0.2) is 5.82 Å². The fraction of sp³-hybridized carbons (Fsp3) is 0.0952. The quantitative estimate of drug-likeness (QED) is 0.443. The molecule has 0 aliphatic rings. The number of methoxy groups -OCH3 is 1. The van der Waals surface area contributed by atoms with Gasteiger partial charge in [-0.15, -0.1) is 10.2 Å². The van der Waals surface area contributed by atoms with Crippen molar-refractivity contribution in [2.45, 2.75) is 10.8 Å². The minimum absolute atomic E-state index is 0.208. The Hall–Kier alpha value is -3.19. The van der Waals surface area contributed by atoms with Gasteiger partial charge in [0.2, 0.25) is 0 Å². The van der Waals surface area contributed by atoms with Gasteiger partial charge in [0, 0.05) is 11.3 Å². The molecule has 5 nitrogen and oxygen atoms in total. The number of ether oxygens (including phenoxy) is 1. The van der Waals surface area contributed by atoms with E-state index in [1.807, 2.05) is 48.5 Å². The molecule has 2 aromatic heterocycles. The van der Waals surface area contributed by atoms with Gasteiger partial charge >= 0.3 is 0 Å². The Balaban J connectivity index is 1.51. The van der Waals surface area contributed by atoms with E-state index in [0.717, 1.165) is 22.0 Å². The van der Waals surface area contributed by atoms with Gasteiger partial charge in [0.25, 0.3) is 0 Å². The molecule has 0 saturated heterocycles. The van der Waals surface area contributed by atoms with Crippen molar-refractivity contribution in [3.05, 3.63) is 84.3 Å². The first-order valence-corrected chi connectivity index (χ1v) is 9.62. The number of thioether (sulfide) groups is 1. The lowest BCUT2D eigenvalue weighted by Crippen LogP contribution is -2.03. The predicted molar refractivity (Wildman–Crippen MR) is 107 cm³/mol. The zero-order valence-electron chi connectivity index (χ0n) is 15.1. The van der Waals surface area contributed by atoms with Gasteiger partial charge in [-0.2, -0.15) is 5.10 Å². The maximum absolute atomic E-state index is 13.7. The fourth-order valence-electron chi connectivity index (χ4n) is 2.74. The van der Waals surface area contributed by atoms with Crippen LogP contribution in [-0.4, -0.2) is 27.1 Å². The maximum Gasteiger partial charge on any atom is 0.176 e. The molecule has 0 spiro atoms. The third kappa shape index (κ3) is 3.89. The van der Waals surface area contributed by atoms with E-state index in [-0.39, 0.29) is 5.82 Å². The van der Waals surface area contributed by atoms with Crippen LogP contribution in [0.25, 0.3) is 17.1 Å². The van der Waals surface area contributed by atoms with Crippen LogP contribution in [-0.2, 0) is 5.75 Å². The average Bonchev–Trinajstić information content (AvgIpc) is 3.23. The Bertz CT molecular complexity index is 1060. The van der Waals surface area contributed by atoms with Crippen LogP contribution < -0.4 is 4.74 Å². The van der Waals surface area contributed by atoms with Crippen molar-refractivity contribution < 1.29 is 9.13 Å². The Morgan fingerprint density at radius 3 is 2.50 bits per heavy atom. The largest absolute Gasteiger partial charge is 0.497 e. The molecule has 7 heteroatoms. The van der Waals surface area contributed by atoms with E-state index in [4.69, 9.17) is 4.74 Å². The summed E-state index contributed by atoms with van der Waals surface area (Å²) in [5.41, 5.74) is 2.55. The van der Waals surface area contributed by atoms with Crippen LogP contribution in [0.4, 0.5) is 4.39 Å². The van der Waals surface area contributed by atoms with E-state index < -0.39 is 0 Å². The van der Waals surface area contributed by atoms with Crippen LogP contribution in [0.2, 0.25) is 0 Å². The summed E-state index contributed by atoms with van der Waals surface area (Å²) in [6.45, 7) is 0. The Morgan fingerprint density at radius 2 is 1.79 bits per heavy atom. The molecule has 0 radical (unpaired) electrons. The Morgan fingerprint density at radius 1 is 0.964 bits per heavy atom. The van der Waals surface area contributed by atoms with E-state index in [1.165, 1.54) is 17.8 Å². The molecular formula is C21H17FN4OS. The van der Waals surface area contributed by atoms with Crippen LogP contribution in [0.15, 0.2) is 78.0 Å². The summed E-state index contributed by atoms with van der Waals surface area (Å²) in [6.07, 6.45) is 1.72. The molecule has 0 unspecified atom stereocenters. The van der Waals surface area contributed by atoms with Crippen molar-refractivity contribution >= 4 is 11.8 Å². The normalized spacial score (nSPS) is 10.8. The van der Waals surface area contributed by atoms with Crippen LogP contribution >= 0.6 is 11.8 Å². The molecular weight excluding hydrogens is 375 g/mol. The highest BCUT2D eigenvalue weighted by Gasteiger charge is 2.10. The van der Waals surface area contributed by atoms with Gasteiger partial charge in [-0.1, -0.05) is 30.0 Å². The minimum Gasteiger partial charge on any atom is -0.497 e. The molecule has 0 bridgehead atoms. The first-order valence-electron chi connectivity index (χ1n) is 8.63. The Kier molecular flexibility index (Phi) is 5.34. The molecule has 140 valence electrons. The van der Waals surface area contributed by atoms with Crippen LogP contribution in [0.1, 0.15) is 5.56 Å². The summed E-state index contributed by atoms with van der Waals surface area (Å²) < 4.78 is 20.7. The number of rotatable bonds is 6. The molecule has 0 aliphatic carbocycles. The van der Waals surface area contributed by atoms with Gasteiger partial charge in [0.05, 0.1) is 19.0 Å². The number of halogens is 1. The third-order valence-corrected chi connectivity index (χ3v) is 5.17. The van der Waals surface area contributed by atoms with E-state index in [2.05, 4.69) is 15.3 Å². The fourth-order valence-corrected chi connectivity index (χ4v) is 3.54. The van der Waals surface area contributed by atoms with Crippen LogP contribution in [0.5, 0.6) is 5.75 Å². The van der Waals surface area contributed by atoms with Crippen molar-refractivity contribution in [2.75, 3.05) is 7.11 Å². The standard InChI is InChI=1S/C21H17FN4OS/c1-27-17-8-6-15(7-9-17)19-12-13-23-26(19)20-10-11-21(25-24-20)28-14-16-4-2-3-5-18(16)22/h2-13H,14H2,1H3. The average molecular weight is 392 g/mol. The molecule has 0 amide bonds. The topological polar surface area (TPSA) is 52.8 Å².